The third-order valence-electron chi connectivity index (χ3n) is 2.97. The maximum atomic E-state index is 11.6. The maximum Gasteiger partial charge on any atom is 0.335 e. The number of aromatic amines is 1. The zero-order chi connectivity index (χ0) is 14.9. The number of benzene rings is 1. The zero-order valence-corrected chi connectivity index (χ0v) is 11.6. The molecular formula is C13H14N2O4S. The van der Waals surface area contributed by atoms with Gasteiger partial charge in [0.2, 0.25) is 0 Å². The minimum atomic E-state index is -3.70. The third kappa shape index (κ3) is 2.53. The summed E-state index contributed by atoms with van der Waals surface area (Å²) in [6, 6.07) is 2.81. The van der Waals surface area contributed by atoms with E-state index in [1.165, 1.54) is 12.1 Å². The Morgan fingerprint density at radius 3 is 2.75 bits per heavy atom. The summed E-state index contributed by atoms with van der Waals surface area (Å²) in [6.45, 7) is 5.14. The molecule has 7 heteroatoms. The Morgan fingerprint density at radius 2 is 2.20 bits per heavy atom. The summed E-state index contributed by atoms with van der Waals surface area (Å²) in [5, 5.41) is 10.6. The summed E-state index contributed by atoms with van der Waals surface area (Å²) in [6.07, 6.45) is 2.44. The highest BCUT2D eigenvalue weighted by Gasteiger charge is 2.15. The van der Waals surface area contributed by atoms with Crippen LogP contribution in [0.25, 0.3) is 10.9 Å². The summed E-state index contributed by atoms with van der Waals surface area (Å²) in [4.78, 5) is 14.1. The Labute approximate surface area is 116 Å². The van der Waals surface area contributed by atoms with E-state index < -0.39 is 16.0 Å². The Bertz CT molecular complexity index is 790. The van der Waals surface area contributed by atoms with Gasteiger partial charge in [-0.15, -0.1) is 0 Å². The topological polar surface area (TPSA) is 99.3 Å². The van der Waals surface area contributed by atoms with Crippen molar-refractivity contribution in [3.63, 3.8) is 0 Å². The van der Waals surface area contributed by atoms with E-state index in [4.69, 9.17) is 5.11 Å². The van der Waals surface area contributed by atoms with Gasteiger partial charge >= 0.3 is 5.97 Å². The number of fused-ring (bicyclic) bond motifs is 1. The Morgan fingerprint density at radius 1 is 1.50 bits per heavy atom. The van der Waals surface area contributed by atoms with Crippen molar-refractivity contribution >= 4 is 32.6 Å². The average molecular weight is 294 g/mol. The van der Waals surface area contributed by atoms with Crippen LogP contribution in [0.3, 0.4) is 0 Å². The van der Waals surface area contributed by atoms with Gasteiger partial charge in [-0.3, -0.25) is 4.72 Å². The number of anilines is 1. The number of sulfonamides is 1. The van der Waals surface area contributed by atoms with Gasteiger partial charge in [-0.1, -0.05) is 13.5 Å². The highest BCUT2D eigenvalue weighted by atomic mass is 32.2. The molecule has 3 N–H and O–H groups in total. The molecule has 2 aromatic rings. The molecule has 1 aromatic carbocycles. The van der Waals surface area contributed by atoms with Crippen LogP contribution in [0.5, 0.6) is 0 Å². The molecule has 0 radical (unpaired) electrons. The summed E-state index contributed by atoms with van der Waals surface area (Å²) >= 11 is 0. The molecule has 0 unspecified atom stereocenters. The second-order valence-electron chi connectivity index (χ2n) is 4.23. The number of nitrogens with one attached hydrogen (secondary N) is 2. The van der Waals surface area contributed by atoms with Gasteiger partial charge in [0.15, 0.2) is 0 Å². The monoisotopic (exact) mass is 294 g/mol. The van der Waals surface area contributed by atoms with Crippen LogP contribution >= 0.6 is 0 Å². The number of rotatable bonds is 5. The van der Waals surface area contributed by atoms with Crippen molar-refractivity contribution in [3.05, 3.63) is 41.4 Å². The van der Waals surface area contributed by atoms with Crippen LogP contribution in [0.2, 0.25) is 0 Å². The molecule has 0 saturated carbocycles. The number of H-pyrrole nitrogens is 1. The van der Waals surface area contributed by atoms with E-state index in [-0.39, 0.29) is 11.3 Å². The quantitative estimate of drug-likeness (QED) is 0.788. The molecule has 106 valence electrons. The number of carbonyl (C=O) groups is 1. The van der Waals surface area contributed by atoms with Gasteiger partial charge in [0.1, 0.15) is 0 Å². The van der Waals surface area contributed by atoms with Crippen LogP contribution in [0.15, 0.2) is 30.3 Å². The smallest absolute Gasteiger partial charge is 0.335 e. The fraction of sp³-hybridized carbons (Fsp3) is 0.154. The van der Waals surface area contributed by atoms with Gasteiger partial charge in [-0.25, -0.2) is 13.2 Å². The zero-order valence-electron chi connectivity index (χ0n) is 10.8. The Balaban J connectivity index is 2.71. The second-order valence-corrected chi connectivity index (χ2v) is 5.86. The van der Waals surface area contributed by atoms with Gasteiger partial charge < -0.3 is 10.1 Å². The fourth-order valence-electron chi connectivity index (χ4n) is 1.98. The van der Waals surface area contributed by atoms with E-state index in [2.05, 4.69) is 16.3 Å². The van der Waals surface area contributed by atoms with Crippen LogP contribution in [0.4, 0.5) is 5.69 Å². The Kier molecular flexibility index (Phi) is 3.54. The van der Waals surface area contributed by atoms with Crippen molar-refractivity contribution in [2.24, 2.45) is 0 Å². The van der Waals surface area contributed by atoms with Crippen molar-refractivity contribution in [2.45, 2.75) is 13.3 Å². The van der Waals surface area contributed by atoms with Gasteiger partial charge in [0, 0.05) is 17.0 Å². The van der Waals surface area contributed by atoms with Crippen molar-refractivity contribution < 1.29 is 18.3 Å². The van der Waals surface area contributed by atoms with Crippen molar-refractivity contribution in [1.82, 2.24) is 4.98 Å². The summed E-state index contributed by atoms with van der Waals surface area (Å²) < 4.78 is 25.5. The average Bonchev–Trinajstić information content (AvgIpc) is 2.81. The summed E-state index contributed by atoms with van der Waals surface area (Å²) in [5.74, 6) is -1.12. The predicted octanol–water partition coefficient (Wildman–Crippen LogP) is 2.31. The van der Waals surface area contributed by atoms with E-state index in [9.17, 15) is 13.2 Å². The number of hydrogen-bond donors (Lipinski definition) is 3. The lowest BCUT2D eigenvalue weighted by Gasteiger charge is -2.08. The van der Waals surface area contributed by atoms with E-state index in [0.717, 1.165) is 11.0 Å². The van der Waals surface area contributed by atoms with Gasteiger partial charge in [-0.2, -0.15) is 0 Å². The first-order valence-electron chi connectivity index (χ1n) is 5.90. The molecule has 0 saturated heterocycles. The first kappa shape index (κ1) is 14.1. The van der Waals surface area contributed by atoms with Crippen LogP contribution < -0.4 is 4.72 Å². The number of carboxylic acids is 1. The molecule has 0 atom stereocenters. The van der Waals surface area contributed by atoms with Crippen LogP contribution in [0.1, 0.15) is 22.8 Å². The van der Waals surface area contributed by atoms with Crippen LogP contribution in [-0.2, 0) is 16.4 Å². The van der Waals surface area contributed by atoms with Crippen molar-refractivity contribution in [1.29, 1.82) is 0 Å². The first-order chi connectivity index (χ1) is 9.38. The highest BCUT2D eigenvalue weighted by Crippen LogP contribution is 2.28. The Hall–Kier alpha value is -2.28. The SMILES string of the molecule is C=CS(=O)(=O)Nc1cc(C(=O)O)cc2c(CC)c[nH]c12. The molecule has 0 aliphatic rings. The van der Waals surface area contributed by atoms with E-state index in [1.54, 1.807) is 6.20 Å². The third-order valence-corrected chi connectivity index (χ3v) is 3.92. The first-order valence-corrected chi connectivity index (χ1v) is 7.45. The molecular weight excluding hydrogens is 280 g/mol. The van der Waals surface area contributed by atoms with E-state index in [0.29, 0.717) is 17.3 Å². The fourth-order valence-corrected chi connectivity index (χ4v) is 2.53. The molecule has 2 rings (SSSR count). The molecule has 20 heavy (non-hydrogen) atoms. The molecule has 0 amide bonds. The van der Waals surface area contributed by atoms with Gasteiger partial charge in [0.05, 0.1) is 16.8 Å². The number of carboxylic acid groups (broad SMARTS) is 1. The molecule has 0 fully saturated rings. The normalized spacial score (nSPS) is 11.4. The number of hydrogen-bond acceptors (Lipinski definition) is 3. The number of aryl methyl sites for hydroxylation is 1. The lowest BCUT2D eigenvalue weighted by Crippen LogP contribution is -2.10. The summed E-state index contributed by atoms with van der Waals surface area (Å²) in [5.41, 5.74) is 1.69. The van der Waals surface area contributed by atoms with Gasteiger partial charge in [-0.05, 0) is 24.1 Å². The molecule has 6 nitrogen and oxygen atoms in total. The lowest BCUT2D eigenvalue weighted by molar-refractivity contribution is 0.0697. The minimum Gasteiger partial charge on any atom is -0.478 e. The van der Waals surface area contributed by atoms with Crippen LogP contribution in [0, 0.1) is 0 Å². The van der Waals surface area contributed by atoms with E-state index >= 15 is 0 Å². The molecule has 0 bridgehead atoms. The predicted molar refractivity (Wildman–Crippen MR) is 77.4 cm³/mol. The second kappa shape index (κ2) is 5.01. The molecule has 0 aliphatic carbocycles. The standard InChI is InChI=1S/C13H14N2O4S/c1-3-8-7-14-12-10(8)5-9(13(16)17)6-11(12)15-20(18,19)4-2/h4-7,14-15H,2-3H2,1H3,(H,16,17). The van der Waals surface area contributed by atoms with Crippen molar-refractivity contribution in [2.75, 3.05) is 4.72 Å². The summed E-state index contributed by atoms with van der Waals surface area (Å²) in [7, 11) is -3.70. The minimum absolute atomic E-state index is 0.0218. The number of aromatic carboxylic acids is 1. The van der Waals surface area contributed by atoms with Crippen LogP contribution in [-0.4, -0.2) is 24.5 Å². The van der Waals surface area contributed by atoms with E-state index in [1.807, 2.05) is 6.92 Å². The van der Waals surface area contributed by atoms with Crippen molar-refractivity contribution in [3.8, 4) is 0 Å². The molecule has 1 heterocycles. The number of aromatic nitrogens is 1. The largest absolute Gasteiger partial charge is 0.478 e. The van der Waals surface area contributed by atoms with Gasteiger partial charge in [0.25, 0.3) is 10.0 Å². The lowest BCUT2D eigenvalue weighted by atomic mass is 10.1. The highest BCUT2D eigenvalue weighted by molar-refractivity contribution is 7.95. The molecule has 1 aromatic heterocycles. The molecule has 0 aliphatic heterocycles. The maximum absolute atomic E-state index is 11.6. The molecule has 0 spiro atoms.